The molecule has 1 aromatic rings. The molecule has 0 bridgehead atoms. The molecule has 5 heteroatoms. The summed E-state index contributed by atoms with van der Waals surface area (Å²) in [6.07, 6.45) is 4.28. The first-order chi connectivity index (χ1) is 13.1. The van der Waals surface area contributed by atoms with Gasteiger partial charge in [0.1, 0.15) is 5.75 Å². The van der Waals surface area contributed by atoms with Crippen molar-refractivity contribution in [2.75, 3.05) is 33.3 Å². The van der Waals surface area contributed by atoms with Gasteiger partial charge in [0.15, 0.2) is 0 Å². The molecule has 0 N–H and O–H groups in total. The Morgan fingerprint density at radius 2 is 1.85 bits per heavy atom. The molecule has 1 aliphatic heterocycles. The van der Waals surface area contributed by atoms with Crippen molar-refractivity contribution in [1.29, 1.82) is 0 Å². The number of carbonyl (C=O) groups is 2. The molecule has 148 valence electrons. The van der Waals surface area contributed by atoms with Crippen LogP contribution in [0, 0.1) is 11.8 Å². The first-order valence-electron chi connectivity index (χ1n) is 10.3. The zero-order chi connectivity index (χ0) is 19.4. The molecule has 2 aliphatic rings. The van der Waals surface area contributed by atoms with Gasteiger partial charge in [0.2, 0.25) is 11.8 Å². The van der Waals surface area contributed by atoms with E-state index in [2.05, 4.69) is 6.07 Å². The van der Waals surface area contributed by atoms with Crippen molar-refractivity contribution in [2.24, 2.45) is 11.8 Å². The van der Waals surface area contributed by atoms with Crippen molar-refractivity contribution in [2.45, 2.75) is 45.4 Å². The number of hydrogen-bond acceptors (Lipinski definition) is 3. The lowest BCUT2D eigenvalue weighted by Crippen LogP contribution is -2.39. The smallest absolute Gasteiger partial charge is 0.228 e. The van der Waals surface area contributed by atoms with Crippen LogP contribution in [0.15, 0.2) is 24.3 Å². The number of amides is 2. The largest absolute Gasteiger partial charge is 0.497 e. The van der Waals surface area contributed by atoms with Crippen molar-refractivity contribution in [1.82, 2.24) is 9.80 Å². The van der Waals surface area contributed by atoms with E-state index >= 15 is 0 Å². The van der Waals surface area contributed by atoms with E-state index < -0.39 is 0 Å². The van der Waals surface area contributed by atoms with Crippen LogP contribution in [-0.2, 0) is 9.59 Å². The normalized spacial score (nSPS) is 22.9. The molecule has 3 rings (SSSR count). The van der Waals surface area contributed by atoms with E-state index in [1.54, 1.807) is 7.11 Å². The number of likely N-dealkylation sites (tertiary alicyclic amines) is 1. The molecule has 0 spiro atoms. The zero-order valence-corrected chi connectivity index (χ0v) is 16.8. The number of methoxy groups -OCH3 is 1. The molecule has 2 fully saturated rings. The van der Waals surface area contributed by atoms with Gasteiger partial charge in [0, 0.05) is 38.0 Å². The number of benzene rings is 1. The summed E-state index contributed by atoms with van der Waals surface area (Å²) >= 11 is 0. The van der Waals surface area contributed by atoms with Gasteiger partial charge in [-0.15, -0.1) is 0 Å². The number of carbonyl (C=O) groups excluding carboxylic acids is 2. The van der Waals surface area contributed by atoms with Gasteiger partial charge in [0.25, 0.3) is 0 Å². The van der Waals surface area contributed by atoms with Gasteiger partial charge in [0.05, 0.1) is 13.0 Å². The highest BCUT2D eigenvalue weighted by molar-refractivity contribution is 5.84. The quantitative estimate of drug-likeness (QED) is 0.770. The summed E-state index contributed by atoms with van der Waals surface area (Å²) in [7, 11) is 1.65. The lowest BCUT2D eigenvalue weighted by atomic mass is 9.88. The van der Waals surface area contributed by atoms with Crippen LogP contribution >= 0.6 is 0 Å². The minimum absolute atomic E-state index is 0.0264. The Balaban J connectivity index is 1.86. The molecular formula is C22H32N2O3. The molecule has 0 radical (unpaired) electrons. The summed E-state index contributed by atoms with van der Waals surface area (Å²) in [6.45, 7) is 6.59. The molecule has 2 amide bonds. The van der Waals surface area contributed by atoms with Gasteiger partial charge in [-0.1, -0.05) is 25.0 Å². The highest BCUT2D eigenvalue weighted by Crippen LogP contribution is 2.37. The van der Waals surface area contributed by atoms with Gasteiger partial charge in [-0.05, 0) is 44.4 Å². The summed E-state index contributed by atoms with van der Waals surface area (Å²) in [5.41, 5.74) is 1.08. The van der Waals surface area contributed by atoms with Gasteiger partial charge < -0.3 is 14.5 Å². The molecular weight excluding hydrogens is 340 g/mol. The Kier molecular flexibility index (Phi) is 6.40. The van der Waals surface area contributed by atoms with Crippen molar-refractivity contribution >= 4 is 11.8 Å². The van der Waals surface area contributed by atoms with Crippen LogP contribution in [0.5, 0.6) is 5.75 Å². The van der Waals surface area contributed by atoms with Crippen LogP contribution in [0.4, 0.5) is 0 Å². The second kappa shape index (κ2) is 8.77. The number of ether oxygens (including phenoxy) is 1. The van der Waals surface area contributed by atoms with Gasteiger partial charge in [-0.3, -0.25) is 9.59 Å². The maximum Gasteiger partial charge on any atom is 0.228 e. The summed E-state index contributed by atoms with van der Waals surface area (Å²) in [4.78, 5) is 30.0. The minimum atomic E-state index is -0.178. The maximum atomic E-state index is 13.2. The highest BCUT2D eigenvalue weighted by Gasteiger charge is 2.43. The molecule has 27 heavy (non-hydrogen) atoms. The molecule has 1 aliphatic carbocycles. The predicted octanol–water partition coefficient (Wildman–Crippen LogP) is 3.30. The van der Waals surface area contributed by atoms with Gasteiger partial charge in [-0.25, -0.2) is 0 Å². The Hall–Kier alpha value is -2.04. The molecule has 5 nitrogen and oxygen atoms in total. The van der Waals surface area contributed by atoms with Gasteiger partial charge in [-0.2, -0.15) is 0 Å². The van der Waals surface area contributed by atoms with Crippen molar-refractivity contribution < 1.29 is 14.3 Å². The second-order valence-corrected chi connectivity index (χ2v) is 7.72. The van der Waals surface area contributed by atoms with E-state index in [0.29, 0.717) is 26.2 Å². The Bertz CT molecular complexity index is 665. The molecule has 1 saturated carbocycles. The third-order valence-electron chi connectivity index (χ3n) is 6.25. The summed E-state index contributed by atoms with van der Waals surface area (Å²) in [5, 5.41) is 0. The van der Waals surface area contributed by atoms with E-state index in [1.807, 2.05) is 41.8 Å². The summed E-state index contributed by atoms with van der Waals surface area (Å²) in [5.74, 6) is 1.20. The van der Waals surface area contributed by atoms with Crippen LogP contribution in [0.25, 0.3) is 0 Å². The van der Waals surface area contributed by atoms with E-state index in [0.717, 1.165) is 37.0 Å². The Labute approximate surface area is 162 Å². The third kappa shape index (κ3) is 4.12. The first kappa shape index (κ1) is 19.7. The fourth-order valence-electron chi connectivity index (χ4n) is 4.64. The van der Waals surface area contributed by atoms with Crippen molar-refractivity contribution in [3.05, 3.63) is 29.8 Å². The van der Waals surface area contributed by atoms with Crippen LogP contribution in [-0.4, -0.2) is 54.9 Å². The standard InChI is InChI=1S/C22H32N2O3/c1-4-23(5-2)22(26)20-15-24(21(25)16-9-6-7-10-16)14-19(20)17-11-8-12-18(13-17)27-3/h8,11-13,16,19-20H,4-7,9-10,14-15H2,1-3H3. The zero-order valence-electron chi connectivity index (χ0n) is 16.8. The molecule has 1 heterocycles. The Morgan fingerprint density at radius 3 is 2.48 bits per heavy atom. The summed E-state index contributed by atoms with van der Waals surface area (Å²) in [6, 6.07) is 7.95. The van der Waals surface area contributed by atoms with Gasteiger partial charge >= 0.3 is 0 Å². The SMILES string of the molecule is CCN(CC)C(=O)C1CN(C(=O)C2CCCC2)CC1c1cccc(OC)c1. The fourth-order valence-corrected chi connectivity index (χ4v) is 4.64. The maximum absolute atomic E-state index is 13.2. The van der Waals surface area contributed by atoms with Crippen molar-refractivity contribution in [3.8, 4) is 5.75 Å². The summed E-state index contributed by atoms with van der Waals surface area (Å²) < 4.78 is 5.38. The van der Waals surface area contributed by atoms with E-state index in [4.69, 9.17) is 4.74 Å². The van der Waals surface area contributed by atoms with E-state index in [9.17, 15) is 9.59 Å². The topological polar surface area (TPSA) is 49.9 Å². The third-order valence-corrected chi connectivity index (χ3v) is 6.25. The van der Waals surface area contributed by atoms with Crippen LogP contribution in [0.2, 0.25) is 0 Å². The predicted molar refractivity (Wildman–Crippen MR) is 106 cm³/mol. The molecule has 1 saturated heterocycles. The molecule has 0 aromatic heterocycles. The lowest BCUT2D eigenvalue weighted by Gasteiger charge is -2.26. The Morgan fingerprint density at radius 1 is 1.15 bits per heavy atom. The van der Waals surface area contributed by atoms with E-state index in [1.165, 1.54) is 0 Å². The highest BCUT2D eigenvalue weighted by atomic mass is 16.5. The van der Waals surface area contributed by atoms with Crippen LogP contribution < -0.4 is 4.74 Å². The monoisotopic (exact) mass is 372 g/mol. The average molecular weight is 373 g/mol. The molecule has 1 aromatic carbocycles. The molecule has 2 atom stereocenters. The van der Waals surface area contributed by atoms with Crippen LogP contribution in [0.1, 0.15) is 51.0 Å². The average Bonchev–Trinajstić information content (AvgIpc) is 3.38. The first-order valence-corrected chi connectivity index (χ1v) is 10.3. The minimum Gasteiger partial charge on any atom is -0.497 e. The van der Waals surface area contributed by atoms with E-state index in [-0.39, 0.29) is 29.6 Å². The second-order valence-electron chi connectivity index (χ2n) is 7.72. The number of hydrogen-bond donors (Lipinski definition) is 0. The number of rotatable bonds is 6. The molecule has 2 unspecified atom stereocenters. The van der Waals surface area contributed by atoms with Crippen LogP contribution in [0.3, 0.4) is 0 Å². The lowest BCUT2D eigenvalue weighted by molar-refractivity contribution is -0.136. The van der Waals surface area contributed by atoms with Crippen molar-refractivity contribution in [3.63, 3.8) is 0 Å². The number of nitrogens with zero attached hydrogens (tertiary/aromatic N) is 2. The fraction of sp³-hybridized carbons (Fsp3) is 0.636.